The molecule has 0 fully saturated rings. The molecule has 0 unspecified atom stereocenters. The molecule has 0 saturated heterocycles. The number of rotatable bonds is 1. The number of hydrogen-bond acceptors (Lipinski definition) is 3. The third-order valence-electron chi connectivity index (χ3n) is 1.64. The van der Waals surface area contributed by atoms with Crippen molar-refractivity contribution in [2.24, 2.45) is 0 Å². The van der Waals surface area contributed by atoms with E-state index in [2.05, 4.69) is 5.10 Å². The summed E-state index contributed by atoms with van der Waals surface area (Å²) in [6.45, 7) is 0. The van der Waals surface area contributed by atoms with Crippen molar-refractivity contribution >= 4 is 6.09 Å². The smallest absolute Gasteiger partial charge is 0.409 e. The maximum atomic E-state index is 11.4. The molecule has 0 atom stereocenters. The number of para-hydroxylation sites is 1. The molecule has 1 heterocycles. The third kappa shape index (κ3) is 1.80. The van der Waals surface area contributed by atoms with Gasteiger partial charge in [-0.3, -0.25) is 0 Å². The molecule has 0 aliphatic rings. The number of nitrogens with zero attached hydrogens (tertiary/aromatic N) is 2. The fraction of sp³-hybridized carbons (Fsp3) is 0. The summed E-state index contributed by atoms with van der Waals surface area (Å²) >= 11 is 0. The number of carbonyl (C=O) groups excluding carboxylic acids is 1. The molecule has 2 rings (SSSR count). The van der Waals surface area contributed by atoms with Crippen molar-refractivity contribution in [2.75, 3.05) is 0 Å². The monoisotopic (exact) mass is 188 g/mol. The highest BCUT2D eigenvalue weighted by Crippen LogP contribution is 2.08. The zero-order valence-electron chi connectivity index (χ0n) is 7.33. The summed E-state index contributed by atoms with van der Waals surface area (Å²) in [4.78, 5) is 11.4. The van der Waals surface area contributed by atoms with Crippen molar-refractivity contribution in [3.05, 3.63) is 48.8 Å². The Hall–Kier alpha value is -2.10. The average molecular weight is 188 g/mol. The zero-order valence-corrected chi connectivity index (χ0v) is 7.33. The molecule has 0 aliphatic carbocycles. The standard InChI is InChI=1S/C10H8N2O2/c13-10(12-8-4-7-11-12)14-9-5-2-1-3-6-9/h1-8H. The molecular weight excluding hydrogens is 180 g/mol. The van der Waals surface area contributed by atoms with Gasteiger partial charge >= 0.3 is 6.09 Å². The van der Waals surface area contributed by atoms with Gasteiger partial charge in [0.2, 0.25) is 0 Å². The number of hydrogen-bond donors (Lipinski definition) is 0. The maximum Gasteiger partial charge on any atom is 0.440 e. The Bertz CT molecular complexity index is 409. The number of ether oxygens (including phenoxy) is 1. The summed E-state index contributed by atoms with van der Waals surface area (Å²) in [6, 6.07) is 10.5. The molecule has 4 nitrogen and oxygen atoms in total. The minimum Gasteiger partial charge on any atom is -0.409 e. The molecule has 0 bridgehead atoms. The van der Waals surface area contributed by atoms with Crippen LogP contribution in [-0.2, 0) is 0 Å². The van der Waals surface area contributed by atoms with Crippen molar-refractivity contribution in [3.63, 3.8) is 0 Å². The van der Waals surface area contributed by atoms with Gasteiger partial charge < -0.3 is 4.74 Å². The maximum absolute atomic E-state index is 11.4. The first kappa shape index (κ1) is 8.50. The van der Waals surface area contributed by atoms with Crippen molar-refractivity contribution in [1.29, 1.82) is 0 Å². The second-order valence-electron chi connectivity index (χ2n) is 2.63. The zero-order chi connectivity index (χ0) is 9.80. The van der Waals surface area contributed by atoms with Crippen LogP contribution in [0, 0.1) is 0 Å². The van der Waals surface area contributed by atoms with Gasteiger partial charge in [0.25, 0.3) is 0 Å². The predicted molar refractivity (Wildman–Crippen MR) is 50.1 cm³/mol. The van der Waals surface area contributed by atoms with Gasteiger partial charge in [-0.1, -0.05) is 18.2 Å². The van der Waals surface area contributed by atoms with Crippen LogP contribution < -0.4 is 4.74 Å². The van der Waals surface area contributed by atoms with Crippen LogP contribution in [0.5, 0.6) is 5.75 Å². The minimum absolute atomic E-state index is 0.507. The lowest BCUT2D eigenvalue weighted by Gasteiger charge is -2.02. The molecule has 0 aliphatic heterocycles. The molecule has 2 aromatic rings. The Kier molecular flexibility index (Phi) is 2.27. The molecule has 0 spiro atoms. The Morgan fingerprint density at radius 3 is 2.64 bits per heavy atom. The highest BCUT2D eigenvalue weighted by atomic mass is 16.6. The Labute approximate surface area is 80.7 Å². The molecule has 70 valence electrons. The first-order chi connectivity index (χ1) is 6.86. The largest absolute Gasteiger partial charge is 0.440 e. The van der Waals surface area contributed by atoms with Gasteiger partial charge in [-0.15, -0.1) is 0 Å². The number of aromatic nitrogens is 2. The fourth-order valence-corrected chi connectivity index (χ4v) is 1.01. The van der Waals surface area contributed by atoms with E-state index in [1.165, 1.54) is 12.4 Å². The van der Waals surface area contributed by atoms with Gasteiger partial charge in [0, 0.05) is 12.4 Å². The SMILES string of the molecule is O=C(Oc1ccccc1)n1cccn1. The summed E-state index contributed by atoms with van der Waals surface area (Å²) < 4.78 is 6.15. The molecule has 0 N–H and O–H groups in total. The Balaban J connectivity index is 2.10. The molecule has 0 amide bonds. The summed E-state index contributed by atoms with van der Waals surface area (Å²) in [5.74, 6) is 0.507. The predicted octanol–water partition coefficient (Wildman–Crippen LogP) is 1.93. The van der Waals surface area contributed by atoms with Crippen LogP contribution in [0.1, 0.15) is 0 Å². The quantitative estimate of drug-likeness (QED) is 0.686. The van der Waals surface area contributed by atoms with E-state index in [4.69, 9.17) is 4.74 Å². The van der Waals surface area contributed by atoms with E-state index in [0.717, 1.165) is 4.68 Å². The second-order valence-corrected chi connectivity index (χ2v) is 2.63. The van der Waals surface area contributed by atoms with Crippen molar-refractivity contribution < 1.29 is 9.53 Å². The minimum atomic E-state index is -0.513. The normalized spacial score (nSPS) is 9.71. The molecular formula is C10H8N2O2. The molecule has 1 aromatic heterocycles. The Morgan fingerprint density at radius 1 is 1.21 bits per heavy atom. The van der Waals surface area contributed by atoms with E-state index < -0.39 is 6.09 Å². The first-order valence-corrected chi connectivity index (χ1v) is 4.13. The van der Waals surface area contributed by atoms with Crippen LogP contribution in [-0.4, -0.2) is 15.9 Å². The van der Waals surface area contributed by atoms with E-state index in [0.29, 0.717) is 5.75 Å². The van der Waals surface area contributed by atoms with E-state index >= 15 is 0 Å². The highest BCUT2D eigenvalue weighted by Gasteiger charge is 2.05. The second kappa shape index (κ2) is 3.74. The fourth-order valence-electron chi connectivity index (χ4n) is 1.01. The van der Waals surface area contributed by atoms with Gasteiger partial charge in [0.1, 0.15) is 5.75 Å². The molecule has 0 saturated carbocycles. The van der Waals surface area contributed by atoms with Crippen LogP contribution in [0.15, 0.2) is 48.8 Å². The van der Waals surface area contributed by atoms with E-state index in [1.807, 2.05) is 6.07 Å². The van der Waals surface area contributed by atoms with Gasteiger partial charge in [0.15, 0.2) is 0 Å². The molecule has 14 heavy (non-hydrogen) atoms. The van der Waals surface area contributed by atoms with Crippen molar-refractivity contribution in [1.82, 2.24) is 9.78 Å². The van der Waals surface area contributed by atoms with Crippen molar-refractivity contribution in [2.45, 2.75) is 0 Å². The highest BCUT2D eigenvalue weighted by molar-refractivity contribution is 5.71. The van der Waals surface area contributed by atoms with E-state index in [-0.39, 0.29) is 0 Å². The summed E-state index contributed by atoms with van der Waals surface area (Å²) in [5.41, 5.74) is 0. The van der Waals surface area contributed by atoms with Crippen LogP contribution in [0.4, 0.5) is 4.79 Å². The average Bonchev–Trinajstić information content (AvgIpc) is 2.72. The van der Waals surface area contributed by atoms with Crippen LogP contribution in [0.25, 0.3) is 0 Å². The van der Waals surface area contributed by atoms with Crippen LogP contribution in [0.2, 0.25) is 0 Å². The topological polar surface area (TPSA) is 44.1 Å². The summed E-state index contributed by atoms with van der Waals surface area (Å²) in [5, 5.41) is 3.75. The number of carbonyl (C=O) groups is 1. The van der Waals surface area contributed by atoms with Crippen molar-refractivity contribution in [3.8, 4) is 5.75 Å². The van der Waals surface area contributed by atoms with Gasteiger partial charge in [0.05, 0.1) is 0 Å². The summed E-state index contributed by atoms with van der Waals surface area (Å²) in [6.07, 6.45) is 2.54. The van der Waals surface area contributed by atoms with Crippen LogP contribution >= 0.6 is 0 Å². The van der Waals surface area contributed by atoms with Gasteiger partial charge in [-0.25, -0.2) is 4.79 Å². The van der Waals surface area contributed by atoms with Gasteiger partial charge in [-0.05, 0) is 18.2 Å². The lowest BCUT2D eigenvalue weighted by molar-refractivity contribution is 0.199. The Morgan fingerprint density at radius 2 is 2.00 bits per heavy atom. The lowest BCUT2D eigenvalue weighted by Crippen LogP contribution is -2.16. The third-order valence-corrected chi connectivity index (χ3v) is 1.64. The first-order valence-electron chi connectivity index (χ1n) is 4.13. The molecule has 1 aromatic carbocycles. The van der Waals surface area contributed by atoms with E-state index in [1.54, 1.807) is 30.3 Å². The van der Waals surface area contributed by atoms with Gasteiger partial charge in [-0.2, -0.15) is 9.78 Å². The molecule has 4 heteroatoms. The van der Waals surface area contributed by atoms with E-state index in [9.17, 15) is 4.79 Å². The van der Waals surface area contributed by atoms with Crippen LogP contribution in [0.3, 0.4) is 0 Å². The lowest BCUT2D eigenvalue weighted by atomic mass is 10.3. The molecule has 0 radical (unpaired) electrons. The summed E-state index contributed by atoms with van der Waals surface area (Å²) in [7, 11) is 0. The number of benzene rings is 1.